The van der Waals surface area contributed by atoms with Crippen molar-refractivity contribution >= 4 is 73.9 Å². The van der Waals surface area contributed by atoms with Gasteiger partial charge in [0.1, 0.15) is 32.1 Å². The minimum Gasteiger partial charge on any atom is -0.493 e. The van der Waals surface area contributed by atoms with Crippen molar-refractivity contribution in [3.05, 3.63) is 148 Å². The van der Waals surface area contributed by atoms with Gasteiger partial charge >= 0.3 is 0 Å². The third kappa shape index (κ3) is 10.8. The Morgan fingerprint density at radius 2 is 0.917 bits per heavy atom. The molecular formula is C50H40Cl2N6O12S2. The Morgan fingerprint density at radius 3 is 1.22 bits per heavy atom. The molecule has 0 amide bonds. The van der Waals surface area contributed by atoms with E-state index in [-0.39, 0.29) is 11.1 Å². The molecule has 6 heterocycles. The first-order valence-corrected chi connectivity index (χ1v) is 23.5. The molecule has 0 radical (unpaired) electrons. The topological polar surface area (TPSA) is 213 Å². The van der Waals surface area contributed by atoms with Gasteiger partial charge in [0.15, 0.2) is 34.6 Å². The van der Waals surface area contributed by atoms with Crippen LogP contribution in [0.5, 0.6) is 34.5 Å². The number of aromatic nitrogens is 6. The first-order valence-electron chi connectivity index (χ1n) is 21.1. The number of fused-ring (bicyclic) bond motifs is 2. The zero-order valence-corrected chi connectivity index (χ0v) is 42.2. The van der Waals surface area contributed by atoms with Crippen LogP contribution in [0.4, 0.5) is 0 Å². The molecule has 6 aromatic heterocycles. The molecule has 0 aliphatic heterocycles. The summed E-state index contributed by atoms with van der Waals surface area (Å²) < 4.78 is 47.5. The fourth-order valence-corrected chi connectivity index (χ4v) is 9.20. The Kier molecular flexibility index (Phi) is 15.2. The number of ether oxygens (including phenoxy) is 6. The number of carbonyl (C=O) groups is 1. The van der Waals surface area contributed by atoms with Crippen molar-refractivity contribution in [2.45, 2.75) is 6.92 Å². The van der Waals surface area contributed by atoms with Crippen molar-refractivity contribution in [1.29, 1.82) is 0 Å². The van der Waals surface area contributed by atoms with Gasteiger partial charge in [-0.05, 0) is 72.8 Å². The van der Waals surface area contributed by atoms with E-state index in [4.69, 9.17) is 70.4 Å². The van der Waals surface area contributed by atoms with Crippen LogP contribution in [-0.4, -0.2) is 82.9 Å². The fourth-order valence-electron chi connectivity index (χ4n) is 7.05. The second kappa shape index (κ2) is 21.9. The molecule has 0 unspecified atom stereocenters. The number of benzene rings is 4. The fraction of sp³-hybridized carbons (Fsp3) is 0.140. The predicted octanol–water partition coefficient (Wildman–Crippen LogP) is 8.70. The third-order valence-corrected chi connectivity index (χ3v) is 12.6. The summed E-state index contributed by atoms with van der Waals surface area (Å²) in [6.07, 6.45) is 3.35. The van der Waals surface area contributed by atoms with Gasteiger partial charge < -0.3 is 42.4 Å². The van der Waals surface area contributed by atoms with Crippen molar-refractivity contribution in [3.8, 4) is 79.9 Å². The first-order chi connectivity index (χ1) is 34.7. The van der Waals surface area contributed by atoms with Crippen LogP contribution in [0.3, 0.4) is 0 Å². The maximum Gasteiger partial charge on any atom is 0.300 e. The normalized spacial score (nSPS) is 11.5. The van der Waals surface area contributed by atoms with Crippen molar-refractivity contribution in [3.63, 3.8) is 0 Å². The van der Waals surface area contributed by atoms with Gasteiger partial charge in [0.2, 0.25) is 21.4 Å². The molecule has 1 N–H and O–H groups in total. The molecule has 368 valence electrons. The van der Waals surface area contributed by atoms with Crippen LogP contribution in [-0.2, 0) is 4.79 Å². The van der Waals surface area contributed by atoms with Crippen LogP contribution in [0.25, 0.3) is 67.5 Å². The molecule has 0 saturated carbocycles. The van der Waals surface area contributed by atoms with Crippen molar-refractivity contribution in [1.82, 2.24) is 29.2 Å². The number of furan rings is 2. The maximum absolute atomic E-state index is 13.0. The van der Waals surface area contributed by atoms with Crippen LogP contribution in [0.2, 0.25) is 10.0 Å². The Bertz CT molecular complexity index is 3550. The number of hydrogen-bond donors (Lipinski definition) is 1. The highest BCUT2D eigenvalue weighted by Crippen LogP contribution is 2.42. The van der Waals surface area contributed by atoms with Crippen molar-refractivity contribution in [2.75, 3.05) is 42.7 Å². The Balaban J connectivity index is 0.000000179. The summed E-state index contributed by atoms with van der Waals surface area (Å²) in [6.45, 7) is 1.08. The van der Waals surface area contributed by atoms with Gasteiger partial charge in [-0.15, -0.1) is 10.2 Å². The molecule has 72 heavy (non-hydrogen) atoms. The molecule has 10 rings (SSSR count). The van der Waals surface area contributed by atoms with E-state index >= 15 is 0 Å². The third-order valence-electron chi connectivity index (χ3n) is 10.2. The smallest absolute Gasteiger partial charge is 0.300 e. The standard InChI is InChI=1S/2C24H18ClN3O5S.C2H4O2/c2*1-30-18-10-14(11-19(31-2)21(18)32-3)22-26-24-28(27-22)23(29)20(34-24)12-16-7-8-17(33-16)13-5-4-6-15(25)9-13;1-2(3)4/h2*4-12H,1-3H3;1H3,(H,3,4)/b2*20-12-;. The minimum absolute atomic E-state index is 0.285. The van der Waals surface area contributed by atoms with E-state index < -0.39 is 5.97 Å². The number of carboxylic acid groups (broad SMARTS) is 1. The number of aliphatic carboxylic acids is 1. The molecule has 22 heteroatoms. The number of nitrogens with zero attached hydrogens (tertiary/aromatic N) is 6. The van der Waals surface area contributed by atoms with Crippen LogP contribution in [0.15, 0.2) is 115 Å². The number of carboxylic acids is 1. The average molecular weight is 1050 g/mol. The molecule has 0 saturated heterocycles. The number of rotatable bonds is 12. The molecule has 0 aliphatic rings. The lowest BCUT2D eigenvalue weighted by Crippen LogP contribution is -2.23. The Morgan fingerprint density at radius 1 is 0.556 bits per heavy atom. The van der Waals surface area contributed by atoms with Gasteiger partial charge in [-0.3, -0.25) is 14.4 Å². The number of halogens is 2. The second-order valence-electron chi connectivity index (χ2n) is 14.9. The summed E-state index contributed by atoms with van der Waals surface area (Å²) in [7, 11) is 9.19. The lowest BCUT2D eigenvalue weighted by atomic mass is 10.1. The van der Waals surface area contributed by atoms with Gasteiger partial charge in [-0.25, -0.2) is 0 Å². The highest BCUT2D eigenvalue weighted by atomic mass is 35.5. The van der Waals surface area contributed by atoms with Crippen molar-refractivity contribution < 1.29 is 47.2 Å². The molecule has 10 aromatic rings. The maximum atomic E-state index is 13.0. The number of methoxy groups -OCH3 is 6. The summed E-state index contributed by atoms with van der Waals surface area (Å²) in [5, 5.41) is 17.5. The van der Waals surface area contributed by atoms with Crippen LogP contribution in [0.1, 0.15) is 18.4 Å². The largest absolute Gasteiger partial charge is 0.493 e. The van der Waals surface area contributed by atoms with Gasteiger partial charge in [-0.2, -0.15) is 19.0 Å². The minimum atomic E-state index is -0.833. The molecule has 18 nitrogen and oxygen atoms in total. The second-order valence-corrected chi connectivity index (χ2v) is 17.8. The summed E-state index contributed by atoms with van der Waals surface area (Å²) in [5.74, 6) is 5.13. The molecular weight excluding hydrogens is 1010 g/mol. The van der Waals surface area contributed by atoms with E-state index in [0.717, 1.165) is 18.1 Å². The summed E-state index contributed by atoms with van der Waals surface area (Å²) in [5.41, 5.74) is 2.40. The molecule has 4 aromatic carbocycles. The van der Waals surface area contributed by atoms with E-state index in [9.17, 15) is 9.59 Å². The zero-order valence-electron chi connectivity index (χ0n) is 39.1. The highest BCUT2D eigenvalue weighted by Gasteiger charge is 2.20. The predicted molar refractivity (Wildman–Crippen MR) is 274 cm³/mol. The van der Waals surface area contributed by atoms with Gasteiger partial charge in [0.05, 0.1) is 42.7 Å². The molecule has 0 spiro atoms. The van der Waals surface area contributed by atoms with E-state index in [1.54, 1.807) is 60.7 Å². The summed E-state index contributed by atoms with van der Waals surface area (Å²) in [4.78, 5) is 44.9. The molecule has 0 aliphatic carbocycles. The number of hydrogen-bond acceptors (Lipinski definition) is 17. The van der Waals surface area contributed by atoms with Gasteiger partial charge in [0, 0.05) is 51.4 Å². The lowest BCUT2D eigenvalue weighted by molar-refractivity contribution is -0.134. The molecule has 0 bridgehead atoms. The first kappa shape index (κ1) is 50.2. The quantitative estimate of drug-likeness (QED) is 0.121. The van der Waals surface area contributed by atoms with Crippen LogP contribution in [0, 0.1) is 0 Å². The lowest BCUT2D eigenvalue weighted by Gasteiger charge is -2.12. The van der Waals surface area contributed by atoms with Crippen molar-refractivity contribution in [2.24, 2.45) is 0 Å². The highest BCUT2D eigenvalue weighted by molar-refractivity contribution is 7.15. The Hall–Kier alpha value is -8.17. The summed E-state index contributed by atoms with van der Waals surface area (Å²) in [6, 6.07) is 28.9. The van der Waals surface area contributed by atoms with Gasteiger partial charge in [-0.1, -0.05) is 70.1 Å². The van der Waals surface area contributed by atoms with Gasteiger partial charge in [0.25, 0.3) is 17.1 Å². The number of thiazole rings is 2. The molecule has 0 fully saturated rings. The molecule has 0 atom stereocenters. The average Bonchev–Trinajstić information content (AvgIpc) is 4.26. The van der Waals surface area contributed by atoms with E-state index in [0.29, 0.717) is 109 Å². The van der Waals surface area contributed by atoms with Crippen LogP contribution < -0.4 is 48.6 Å². The summed E-state index contributed by atoms with van der Waals surface area (Å²) >= 11 is 14.6. The Labute approximate surface area is 426 Å². The SMILES string of the molecule is CC(=O)O.COc1cc(-c2nc3s/c(=C\c4ccc(-c5cccc(Cl)c5)o4)c(=O)n3n2)cc(OC)c1OC.COc1cc(-c2nc3s/c(=C\c4ccc(-c5cccc(Cl)c5)o4)c(=O)n3n2)cc(OC)c1OC. The van der Waals surface area contributed by atoms with Crippen LogP contribution >= 0.6 is 45.9 Å². The van der Waals surface area contributed by atoms with E-state index in [2.05, 4.69) is 20.2 Å². The van der Waals surface area contributed by atoms with E-state index in [1.165, 1.54) is 74.4 Å². The zero-order chi connectivity index (χ0) is 51.2. The monoisotopic (exact) mass is 1050 g/mol. The van der Waals surface area contributed by atoms with E-state index in [1.807, 2.05) is 48.5 Å².